The molecular formula is C15H22ClFN2O2. The van der Waals surface area contributed by atoms with Gasteiger partial charge in [0.15, 0.2) is 0 Å². The number of nitrogens with zero attached hydrogens (tertiary/aromatic N) is 1. The molecule has 0 saturated carbocycles. The molecule has 1 heterocycles. The zero-order chi connectivity index (χ0) is 14.7. The number of amides is 1. The number of ether oxygens (including phenoxy) is 1. The van der Waals surface area contributed by atoms with E-state index in [1.54, 1.807) is 11.0 Å². The molecule has 0 aliphatic carbocycles. The van der Waals surface area contributed by atoms with Gasteiger partial charge in [-0.2, -0.15) is 0 Å². The quantitative estimate of drug-likeness (QED) is 0.926. The predicted molar refractivity (Wildman–Crippen MR) is 81.7 cm³/mol. The van der Waals surface area contributed by atoms with E-state index in [9.17, 15) is 9.18 Å². The number of hydrogen-bond donors (Lipinski definition) is 1. The number of carbonyl (C=O) groups excluding carboxylic acids is 1. The van der Waals surface area contributed by atoms with E-state index in [2.05, 4.69) is 6.92 Å². The Hall–Kier alpha value is -1.17. The van der Waals surface area contributed by atoms with Crippen molar-refractivity contribution in [2.24, 2.45) is 11.7 Å². The third kappa shape index (κ3) is 3.93. The van der Waals surface area contributed by atoms with Crippen molar-refractivity contribution in [2.45, 2.75) is 25.4 Å². The van der Waals surface area contributed by atoms with Crippen molar-refractivity contribution in [2.75, 3.05) is 20.3 Å². The van der Waals surface area contributed by atoms with Gasteiger partial charge in [-0.3, -0.25) is 4.79 Å². The number of likely N-dealkylation sites (tertiary alicyclic amines) is 1. The van der Waals surface area contributed by atoms with E-state index in [1.807, 2.05) is 6.07 Å². The van der Waals surface area contributed by atoms with Crippen LogP contribution < -0.4 is 5.73 Å². The molecule has 1 fully saturated rings. The van der Waals surface area contributed by atoms with Crippen LogP contribution in [0, 0.1) is 11.7 Å². The Labute approximate surface area is 130 Å². The van der Waals surface area contributed by atoms with Gasteiger partial charge in [-0.25, -0.2) is 4.39 Å². The van der Waals surface area contributed by atoms with Crippen molar-refractivity contribution in [1.82, 2.24) is 4.90 Å². The van der Waals surface area contributed by atoms with E-state index in [-0.39, 0.29) is 42.7 Å². The molecule has 2 N–H and O–H groups in total. The molecule has 0 bridgehead atoms. The lowest BCUT2D eigenvalue weighted by molar-refractivity contribution is -0.135. The largest absolute Gasteiger partial charge is 0.383 e. The Bertz CT molecular complexity index is 486. The van der Waals surface area contributed by atoms with Crippen LogP contribution >= 0.6 is 12.4 Å². The summed E-state index contributed by atoms with van der Waals surface area (Å²) in [5.74, 6) is -0.129. The Morgan fingerprint density at radius 2 is 2.29 bits per heavy atom. The summed E-state index contributed by atoms with van der Waals surface area (Å²) in [6.07, 6.45) is 0.895. The van der Waals surface area contributed by atoms with Gasteiger partial charge < -0.3 is 15.4 Å². The maximum atomic E-state index is 13.4. The second-order valence-electron chi connectivity index (χ2n) is 5.36. The number of carbonyl (C=O) groups is 1. The highest BCUT2D eigenvalue weighted by atomic mass is 35.5. The molecule has 21 heavy (non-hydrogen) atoms. The fourth-order valence-corrected chi connectivity index (χ4v) is 2.86. The van der Waals surface area contributed by atoms with Crippen LogP contribution in [0.25, 0.3) is 0 Å². The smallest absolute Gasteiger partial charge is 0.242 e. The van der Waals surface area contributed by atoms with Gasteiger partial charge in [0.2, 0.25) is 5.91 Å². The summed E-state index contributed by atoms with van der Waals surface area (Å²) < 4.78 is 18.3. The molecule has 0 aromatic heterocycles. The van der Waals surface area contributed by atoms with Crippen molar-refractivity contribution in [3.8, 4) is 0 Å². The van der Waals surface area contributed by atoms with Crippen LogP contribution in [0.15, 0.2) is 24.3 Å². The summed E-state index contributed by atoms with van der Waals surface area (Å²) in [7, 11) is 1.52. The highest BCUT2D eigenvalue weighted by Gasteiger charge is 2.37. The second kappa shape index (κ2) is 7.73. The van der Waals surface area contributed by atoms with Gasteiger partial charge in [0.1, 0.15) is 11.9 Å². The van der Waals surface area contributed by atoms with Crippen molar-refractivity contribution in [3.63, 3.8) is 0 Å². The third-order valence-electron chi connectivity index (χ3n) is 3.84. The first-order chi connectivity index (χ1) is 9.54. The fourth-order valence-electron chi connectivity index (χ4n) is 2.86. The molecule has 4 nitrogen and oxygen atoms in total. The van der Waals surface area contributed by atoms with Gasteiger partial charge in [0.05, 0.1) is 12.6 Å². The van der Waals surface area contributed by atoms with Gasteiger partial charge >= 0.3 is 0 Å². The lowest BCUT2D eigenvalue weighted by atomic mass is 9.95. The predicted octanol–water partition coefficient (Wildman–Crippen LogP) is 2.13. The molecule has 0 radical (unpaired) electrons. The van der Waals surface area contributed by atoms with E-state index >= 15 is 0 Å². The monoisotopic (exact) mass is 316 g/mol. The van der Waals surface area contributed by atoms with Crippen LogP contribution in [0.2, 0.25) is 0 Å². The van der Waals surface area contributed by atoms with Crippen molar-refractivity contribution in [3.05, 3.63) is 35.6 Å². The van der Waals surface area contributed by atoms with E-state index in [1.165, 1.54) is 19.2 Å². The Morgan fingerprint density at radius 1 is 1.57 bits per heavy atom. The number of methoxy groups -OCH3 is 1. The topological polar surface area (TPSA) is 55.6 Å². The van der Waals surface area contributed by atoms with Crippen LogP contribution in [0.1, 0.15) is 24.9 Å². The van der Waals surface area contributed by atoms with Crippen LogP contribution in [0.5, 0.6) is 0 Å². The molecule has 1 aromatic carbocycles. The summed E-state index contributed by atoms with van der Waals surface area (Å²) in [5, 5.41) is 0. The Morgan fingerprint density at radius 3 is 2.90 bits per heavy atom. The van der Waals surface area contributed by atoms with Crippen molar-refractivity contribution < 1.29 is 13.9 Å². The molecular weight excluding hydrogens is 295 g/mol. The number of nitrogens with two attached hydrogens (primary N) is 1. The minimum atomic E-state index is -0.665. The van der Waals surface area contributed by atoms with Crippen LogP contribution in [-0.2, 0) is 9.53 Å². The molecule has 1 saturated heterocycles. The average molecular weight is 317 g/mol. The molecule has 0 spiro atoms. The standard InChI is InChI=1S/C15H21FN2O2.ClH/c1-10-6-7-18(15(19)13(17)9-20-2)14(10)11-4-3-5-12(16)8-11;/h3-5,8,10,13-14H,6-7,9,17H2,1-2H3;1H. The zero-order valence-electron chi connectivity index (χ0n) is 12.3. The maximum Gasteiger partial charge on any atom is 0.242 e. The van der Waals surface area contributed by atoms with Gasteiger partial charge in [0, 0.05) is 13.7 Å². The SMILES string of the molecule is COCC(N)C(=O)N1CCC(C)C1c1cccc(F)c1.Cl. The molecule has 118 valence electrons. The van der Waals surface area contributed by atoms with E-state index in [4.69, 9.17) is 10.5 Å². The fraction of sp³-hybridized carbons (Fsp3) is 0.533. The van der Waals surface area contributed by atoms with Gasteiger partial charge in [0.25, 0.3) is 0 Å². The lowest BCUT2D eigenvalue weighted by Gasteiger charge is -2.29. The number of halogens is 2. The normalized spacial score (nSPS) is 22.8. The minimum absolute atomic E-state index is 0. The van der Waals surface area contributed by atoms with Crippen molar-refractivity contribution >= 4 is 18.3 Å². The van der Waals surface area contributed by atoms with Crippen LogP contribution in [0.4, 0.5) is 4.39 Å². The molecule has 3 atom stereocenters. The molecule has 1 aliphatic rings. The zero-order valence-corrected chi connectivity index (χ0v) is 13.1. The first-order valence-electron chi connectivity index (χ1n) is 6.85. The summed E-state index contributed by atoms with van der Waals surface area (Å²) in [6.45, 7) is 2.92. The van der Waals surface area contributed by atoms with E-state index < -0.39 is 6.04 Å². The second-order valence-corrected chi connectivity index (χ2v) is 5.36. The number of benzene rings is 1. The summed E-state index contributed by atoms with van der Waals surface area (Å²) in [5.41, 5.74) is 6.66. The first kappa shape index (κ1) is 17.9. The molecule has 3 unspecified atom stereocenters. The summed E-state index contributed by atoms with van der Waals surface area (Å²) in [6, 6.07) is 5.66. The molecule has 2 rings (SSSR count). The maximum absolute atomic E-state index is 13.4. The Balaban J connectivity index is 0.00000220. The first-order valence-corrected chi connectivity index (χ1v) is 6.85. The van der Waals surface area contributed by atoms with Gasteiger partial charge in [-0.15, -0.1) is 12.4 Å². The van der Waals surface area contributed by atoms with E-state index in [0.717, 1.165) is 12.0 Å². The lowest BCUT2D eigenvalue weighted by Crippen LogP contribution is -2.46. The number of hydrogen-bond acceptors (Lipinski definition) is 3. The molecule has 6 heteroatoms. The number of rotatable bonds is 4. The van der Waals surface area contributed by atoms with Gasteiger partial charge in [-0.05, 0) is 30.0 Å². The highest BCUT2D eigenvalue weighted by molar-refractivity contribution is 5.85. The minimum Gasteiger partial charge on any atom is -0.383 e. The highest BCUT2D eigenvalue weighted by Crippen LogP contribution is 2.37. The average Bonchev–Trinajstić information content (AvgIpc) is 2.80. The molecule has 1 aliphatic heterocycles. The van der Waals surface area contributed by atoms with Crippen LogP contribution in [0.3, 0.4) is 0 Å². The van der Waals surface area contributed by atoms with Crippen molar-refractivity contribution in [1.29, 1.82) is 0 Å². The third-order valence-corrected chi connectivity index (χ3v) is 3.84. The summed E-state index contributed by atoms with van der Waals surface area (Å²) >= 11 is 0. The molecule has 1 amide bonds. The summed E-state index contributed by atoms with van der Waals surface area (Å²) in [4.78, 5) is 14.1. The van der Waals surface area contributed by atoms with E-state index in [0.29, 0.717) is 6.54 Å². The van der Waals surface area contributed by atoms with Gasteiger partial charge in [-0.1, -0.05) is 19.1 Å². The van der Waals surface area contributed by atoms with Crippen LogP contribution in [-0.4, -0.2) is 37.1 Å². The molecule has 1 aromatic rings. The Kier molecular flexibility index (Phi) is 6.58.